The number of carbonyl (C=O) groups is 1. The largest absolute Gasteiger partial charge is 0.352 e. The monoisotopic (exact) mass is 324 g/mol. The van der Waals surface area contributed by atoms with Crippen molar-refractivity contribution in [2.45, 2.75) is 57.0 Å². The van der Waals surface area contributed by atoms with E-state index in [1.54, 1.807) is 24.3 Å². The second-order valence-electron chi connectivity index (χ2n) is 6.40. The maximum atomic E-state index is 12.5. The second kappa shape index (κ2) is 6.79. The molecule has 1 saturated carbocycles. The van der Waals surface area contributed by atoms with Crippen molar-refractivity contribution in [3.8, 4) is 0 Å². The van der Waals surface area contributed by atoms with Crippen molar-refractivity contribution < 1.29 is 13.2 Å². The molecule has 0 radical (unpaired) electrons. The number of hydrogen-bond acceptors (Lipinski definition) is 3. The van der Waals surface area contributed by atoms with E-state index >= 15 is 0 Å². The van der Waals surface area contributed by atoms with E-state index in [4.69, 9.17) is 0 Å². The van der Waals surface area contributed by atoms with Gasteiger partial charge in [0.05, 0.1) is 4.90 Å². The van der Waals surface area contributed by atoms with Gasteiger partial charge in [0.15, 0.2) is 0 Å². The van der Waals surface area contributed by atoms with E-state index in [0.717, 1.165) is 18.4 Å². The van der Waals surface area contributed by atoms with E-state index in [2.05, 4.69) is 10.0 Å². The van der Waals surface area contributed by atoms with Crippen molar-refractivity contribution in [1.29, 1.82) is 0 Å². The molecule has 1 fully saturated rings. The highest BCUT2D eigenvalue weighted by atomic mass is 32.2. The zero-order valence-electron chi connectivity index (χ0n) is 13.3. The predicted molar refractivity (Wildman–Crippen MR) is 85.9 cm³/mol. The Labute approximate surface area is 132 Å². The standard InChI is InChI=1S/C16H24N2O3S/c1-11(2)10-15(16(19)17-13-6-7-13)18-22(20,21)14-8-4-12(3)5-9-14/h4-5,8-9,11,13,15,18H,6-7,10H2,1-3H3,(H,17,19)/t15-/m0/s1. The fourth-order valence-corrected chi connectivity index (χ4v) is 3.39. The van der Waals surface area contributed by atoms with Gasteiger partial charge in [-0.05, 0) is 44.2 Å². The molecule has 1 atom stereocenters. The molecular formula is C16H24N2O3S. The highest BCUT2D eigenvalue weighted by Gasteiger charge is 2.30. The molecule has 1 aliphatic carbocycles. The Kier molecular flexibility index (Phi) is 5.24. The molecule has 1 amide bonds. The van der Waals surface area contributed by atoms with Crippen molar-refractivity contribution in [2.24, 2.45) is 5.92 Å². The molecule has 0 aliphatic heterocycles. The van der Waals surface area contributed by atoms with E-state index in [1.807, 2.05) is 20.8 Å². The van der Waals surface area contributed by atoms with Crippen LogP contribution in [-0.4, -0.2) is 26.4 Å². The zero-order valence-corrected chi connectivity index (χ0v) is 14.1. The summed E-state index contributed by atoms with van der Waals surface area (Å²) in [4.78, 5) is 12.4. The van der Waals surface area contributed by atoms with Crippen LogP contribution in [0.1, 0.15) is 38.7 Å². The zero-order chi connectivity index (χ0) is 16.3. The van der Waals surface area contributed by atoms with Gasteiger partial charge in [-0.15, -0.1) is 0 Å². The second-order valence-corrected chi connectivity index (χ2v) is 8.11. The maximum absolute atomic E-state index is 12.5. The first kappa shape index (κ1) is 17.0. The van der Waals surface area contributed by atoms with Gasteiger partial charge in [0.2, 0.25) is 15.9 Å². The van der Waals surface area contributed by atoms with Crippen molar-refractivity contribution in [1.82, 2.24) is 10.0 Å². The van der Waals surface area contributed by atoms with Crippen LogP contribution in [0.5, 0.6) is 0 Å². The van der Waals surface area contributed by atoms with Crippen LogP contribution < -0.4 is 10.0 Å². The number of benzene rings is 1. The number of rotatable bonds is 7. The van der Waals surface area contributed by atoms with Crippen LogP contribution in [0.4, 0.5) is 0 Å². The lowest BCUT2D eigenvalue weighted by molar-refractivity contribution is -0.123. The summed E-state index contributed by atoms with van der Waals surface area (Å²) in [5.74, 6) is -0.0115. The van der Waals surface area contributed by atoms with Crippen LogP contribution in [0.3, 0.4) is 0 Å². The minimum Gasteiger partial charge on any atom is -0.352 e. The van der Waals surface area contributed by atoms with E-state index in [-0.39, 0.29) is 22.8 Å². The fourth-order valence-electron chi connectivity index (χ4n) is 2.18. The molecule has 5 nitrogen and oxygen atoms in total. The summed E-state index contributed by atoms with van der Waals surface area (Å²) in [6.45, 7) is 5.84. The Morgan fingerprint density at radius 2 is 1.82 bits per heavy atom. The Bertz CT molecular complexity index is 619. The van der Waals surface area contributed by atoms with E-state index in [1.165, 1.54) is 0 Å². The van der Waals surface area contributed by atoms with Crippen LogP contribution in [0.15, 0.2) is 29.2 Å². The van der Waals surface area contributed by atoms with Gasteiger partial charge >= 0.3 is 0 Å². The van der Waals surface area contributed by atoms with Crippen molar-refractivity contribution in [3.05, 3.63) is 29.8 Å². The maximum Gasteiger partial charge on any atom is 0.241 e. The topological polar surface area (TPSA) is 75.3 Å². The van der Waals surface area contributed by atoms with E-state index in [9.17, 15) is 13.2 Å². The van der Waals surface area contributed by atoms with Gasteiger partial charge in [-0.25, -0.2) is 8.42 Å². The number of carbonyl (C=O) groups excluding carboxylic acids is 1. The van der Waals surface area contributed by atoms with Gasteiger partial charge in [0.1, 0.15) is 6.04 Å². The molecule has 2 N–H and O–H groups in total. The normalized spacial score (nSPS) is 16.5. The molecule has 1 aliphatic rings. The van der Waals surface area contributed by atoms with Crippen LogP contribution in [0.25, 0.3) is 0 Å². The third kappa shape index (κ3) is 4.81. The number of sulfonamides is 1. The van der Waals surface area contributed by atoms with Crippen molar-refractivity contribution >= 4 is 15.9 Å². The Hall–Kier alpha value is -1.40. The first-order valence-electron chi connectivity index (χ1n) is 7.67. The molecule has 0 aromatic heterocycles. The lowest BCUT2D eigenvalue weighted by Crippen LogP contribution is -2.47. The molecule has 6 heteroatoms. The van der Waals surface area contributed by atoms with Crippen molar-refractivity contribution in [3.63, 3.8) is 0 Å². The molecule has 0 bridgehead atoms. The van der Waals surface area contributed by atoms with E-state index < -0.39 is 16.1 Å². The molecule has 1 aromatic carbocycles. The van der Waals surface area contributed by atoms with Gasteiger partial charge < -0.3 is 5.32 Å². The van der Waals surface area contributed by atoms with Gasteiger partial charge in [0, 0.05) is 6.04 Å². The predicted octanol–water partition coefficient (Wildman–Crippen LogP) is 1.97. The van der Waals surface area contributed by atoms with Crippen LogP contribution in [0.2, 0.25) is 0 Å². The number of amides is 1. The van der Waals surface area contributed by atoms with E-state index in [0.29, 0.717) is 6.42 Å². The highest BCUT2D eigenvalue weighted by molar-refractivity contribution is 7.89. The van der Waals surface area contributed by atoms with Crippen molar-refractivity contribution in [2.75, 3.05) is 0 Å². The molecule has 22 heavy (non-hydrogen) atoms. The van der Waals surface area contributed by atoms with Crippen LogP contribution >= 0.6 is 0 Å². The SMILES string of the molecule is Cc1ccc(S(=O)(=O)N[C@@H](CC(C)C)C(=O)NC2CC2)cc1. The molecule has 122 valence electrons. The molecule has 0 unspecified atom stereocenters. The third-order valence-corrected chi connectivity index (χ3v) is 5.06. The summed E-state index contributed by atoms with van der Waals surface area (Å²) in [5.41, 5.74) is 0.990. The Morgan fingerprint density at radius 1 is 1.23 bits per heavy atom. The van der Waals surface area contributed by atoms with Gasteiger partial charge in [-0.2, -0.15) is 4.72 Å². The minimum atomic E-state index is -3.69. The molecule has 0 heterocycles. The lowest BCUT2D eigenvalue weighted by Gasteiger charge is -2.20. The van der Waals surface area contributed by atoms with Crippen LogP contribution in [0, 0.1) is 12.8 Å². The molecule has 0 saturated heterocycles. The van der Waals surface area contributed by atoms with Gasteiger partial charge in [-0.1, -0.05) is 31.5 Å². The summed E-state index contributed by atoms with van der Waals surface area (Å²) in [7, 11) is -3.69. The number of aryl methyl sites for hydroxylation is 1. The lowest BCUT2D eigenvalue weighted by atomic mass is 10.0. The Morgan fingerprint density at radius 3 is 2.32 bits per heavy atom. The molecule has 1 aromatic rings. The summed E-state index contributed by atoms with van der Waals surface area (Å²) in [5, 5.41) is 2.88. The Balaban J connectivity index is 2.13. The summed E-state index contributed by atoms with van der Waals surface area (Å²) in [6, 6.07) is 6.09. The number of hydrogen-bond donors (Lipinski definition) is 2. The quantitative estimate of drug-likeness (QED) is 0.805. The fraction of sp³-hybridized carbons (Fsp3) is 0.562. The van der Waals surface area contributed by atoms with Gasteiger partial charge in [0.25, 0.3) is 0 Å². The number of nitrogens with one attached hydrogen (secondary N) is 2. The highest BCUT2D eigenvalue weighted by Crippen LogP contribution is 2.20. The first-order chi connectivity index (χ1) is 10.3. The third-order valence-electron chi connectivity index (χ3n) is 3.58. The summed E-state index contributed by atoms with van der Waals surface area (Å²) < 4.78 is 27.5. The average molecular weight is 324 g/mol. The van der Waals surface area contributed by atoms with Crippen LogP contribution in [-0.2, 0) is 14.8 Å². The minimum absolute atomic E-state index is 0.186. The summed E-state index contributed by atoms with van der Waals surface area (Å²) >= 11 is 0. The average Bonchev–Trinajstić information content (AvgIpc) is 3.21. The first-order valence-corrected chi connectivity index (χ1v) is 9.15. The molecule has 0 spiro atoms. The van der Waals surface area contributed by atoms with Gasteiger partial charge in [-0.3, -0.25) is 4.79 Å². The molecule has 2 rings (SSSR count). The smallest absolute Gasteiger partial charge is 0.241 e. The summed E-state index contributed by atoms with van der Waals surface area (Å²) in [6.07, 6.45) is 2.43. The molecular weight excluding hydrogens is 300 g/mol.